The Morgan fingerprint density at radius 3 is 2.61 bits per heavy atom. The lowest BCUT2D eigenvalue weighted by molar-refractivity contribution is -0.118. The highest BCUT2D eigenvalue weighted by Gasteiger charge is 2.17. The number of benzene rings is 2. The second kappa shape index (κ2) is 9.90. The molecule has 2 heterocycles. The minimum atomic E-state index is -0.0765. The predicted molar refractivity (Wildman–Crippen MR) is 120 cm³/mol. The molecule has 7 nitrogen and oxygen atoms in total. The maximum absolute atomic E-state index is 12.4. The van der Waals surface area contributed by atoms with Gasteiger partial charge in [-0.3, -0.25) is 14.3 Å². The van der Waals surface area contributed by atoms with Crippen LogP contribution in [0.5, 0.6) is 5.75 Å². The number of methoxy groups -OCH3 is 1. The lowest BCUT2D eigenvalue weighted by Gasteiger charge is -2.11. The van der Waals surface area contributed by atoms with Crippen LogP contribution >= 0.6 is 11.8 Å². The fourth-order valence-corrected chi connectivity index (χ4v) is 3.79. The van der Waals surface area contributed by atoms with Crippen molar-refractivity contribution in [3.05, 3.63) is 84.7 Å². The highest BCUT2D eigenvalue weighted by molar-refractivity contribution is 7.99. The number of nitrogens with one attached hydrogen (secondary N) is 1. The minimum absolute atomic E-state index is 0.0765. The fourth-order valence-electron chi connectivity index (χ4n) is 3.00. The molecule has 0 radical (unpaired) electrons. The van der Waals surface area contributed by atoms with Crippen molar-refractivity contribution in [1.82, 2.24) is 25.1 Å². The van der Waals surface area contributed by atoms with Crippen LogP contribution in [0.2, 0.25) is 0 Å². The number of ether oxygens (including phenoxy) is 1. The average Bonchev–Trinajstić information content (AvgIpc) is 3.26. The Labute approximate surface area is 184 Å². The lowest BCUT2D eigenvalue weighted by Crippen LogP contribution is -2.24. The molecule has 0 saturated carbocycles. The van der Waals surface area contributed by atoms with Crippen molar-refractivity contribution < 1.29 is 9.53 Å². The smallest absolute Gasteiger partial charge is 0.230 e. The Kier molecular flexibility index (Phi) is 6.59. The Hall–Kier alpha value is -3.65. The van der Waals surface area contributed by atoms with Crippen molar-refractivity contribution in [2.24, 2.45) is 0 Å². The number of para-hydroxylation sites is 1. The van der Waals surface area contributed by atoms with Crippen LogP contribution in [-0.2, 0) is 11.3 Å². The molecular formula is C23H21N5O2S. The molecule has 1 amide bonds. The summed E-state index contributed by atoms with van der Waals surface area (Å²) >= 11 is 1.34. The second-order valence-electron chi connectivity index (χ2n) is 6.63. The molecule has 0 aliphatic carbocycles. The summed E-state index contributed by atoms with van der Waals surface area (Å²) in [7, 11) is 1.63. The summed E-state index contributed by atoms with van der Waals surface area (Å²) in [5, 5.41) is 12.3. The summed E-state index contributed by atoms with van der Waals surface area (Å²) in [4.78, 5) is 16.4. The number of carbonyl (C=O) groups is 1. The van der Waals surface area contributed by atoms with Crippen LogP contribution in [0.15, 0.2) is 84.3 Å². The highest BCUT2D eigenvalue weighted by Crippen LogP contribution is 2.29. The van der Waals surface area contributed by atoms with Crippen LogP contribution in [0.3, 0.4) is 0 Å². The summed E-state index contributed by atoms with van der Waals surface area (Å²) in [5.74, 6) is 1.58. The molecule has 0 saturated heterocycles. The van der Waals surface area contributed by atoms with Crippen LogP contribution in [-0.4, -0.2) is 38.5 Å². The first-order valence-electron chi connectivity index (χ1n) is 9.68. The van der Waals surface area contributed by atoms with E-state index in [-0.39, 0.29) is 11.7 Å². The number of hydrogen-bond donors (Lipinski definition) is 1. The van der Waals surface area contributed by atoms with Gasteiger partial charge in [0.15, 0.2) is 11.0 Å². The van der Waals surface area contributed by atoms with E-state index in [1.54, 1.807) is 19.5 Å². The Bertz CT molecular complexity index is 1150. The van der Waals surface area contributed by atoms with Gasteiger partial charge in [0.25, 0.3) is 0 Å². The molecule has 0 aliphatic rings. The SMILES string of the molecule is COc1cccc(-c2nnc(SCC(=O)NCc3ccncc3)n2-c2ccccc2)c1. The van der Waals surface area contributed by atoms with E-state index >= 15 is 0 Å². The van der Waals surface area contributed by atoms with E-state index in [0.717, 1.165) is 22.6 Å². The Morgan fingerprint density at radius 1 is 1.03 bits per heavy atom. The number of amides is 1. The molecule has 8 heteroatoms. The van der Waals surface area contributed by atoms with Gasteiger partial charge in [0.05, 0.1) is 12.9 Å². The zero-order valence-corrected chi connectivity index (χ0v) is 17.7. The molecule has 0 spiro atoms. The summed E-state index contributed by atoms with van der Waals surface area (Å²) < 4.78 is 7.31. The molecule has 1 N–H and O–H groups in total. The van der Waals surface area contributed by atoms with E-state index in [1.165, 1.54) is 11.8 Å². The predicted octanol–water partition coefficient (Wildman–Crippen LogP) is 3.75. The summed E-state index contributed by atoms with van der Waals surface area (Å²) in [6.45, 7) is 0.461. The molecule has 0 aliphatic heterocycles. The Balaban J connectivity index is 1.55. The van der Waals surface area contributed by atoms with Gasteiger partial charge in [-0.1, -0.05) is 42.1 Å². The van der Waals surface area contributed by atoms with Gasteiger partial charge < -0.3 is 10.1 Å². The molecule has 4 aromatic rings. The maximum atomic E-state index is 12.4. The van der Waals surface area contributed by atoms with Gasteiger partial charge in [0, 0.05) is 30.2 Å². The molecule has 0 atom stereocenters. The van der Waals surface area contributed by atoms with Crippen molar-refractivity contribution >= 4 is 17.7 Å². The number of pyridine rings is 1. The molecule has 0 bridgehead atoms. The third-order valence-electron chi connectivity index (χ3n) is 4.55. The van der Waals surface area contributed by atoms with Gasteiger partial charge in [0.1, 0.15) is 5.75 Å². The lowest BCUT2D eigenvalue weighted by atomic mass is 10.2. The molecular weight excluding hydrogens is 410 g/mol. The summed E-state index contributed by atoms with van der Waals surface area (Å²) in [6, 6.07) is 21.3. The van der Waals surface area contributed by atoms with E-state index in [9.17, 15) is 4.79 Å². The molecule has 0 unspecified atom stereocenters. The maximum Gasteiger partial charge on any atom is 0.230 e. The van der Waals surface area contributed by atoms with Crippen LogP contribution < -0.4 is 10.1 Å². The van der Waals surface area contributed by atoms with E-state index in [0.29, 0.717) is 17.5 Å². The molecule has 2 aromatic carbocycles. The Morgan fingerprint density at radius 2 is 1.84 bits per heavy atom. The molecule has 156 valence electrons. The first-order chi connectivity index (χ1) is 15.2. The van der Waals surface area contributed by atoms with E-state index in [2.05, 4.69) is 20.5 Å². The fraction of sp³-hybridized carbons (Fsp3) is 0.130. The van der Waals surface area contributed by atoms with Gasteiger partial charge in [-0.25, -0.2) is 0 Å². The zero-order chi connectivity index (χ0) is 21.5. The van der Waals surface area contributed by atoms with Crippen molar-refractivity contribution in [2.75, 3.05) is 12.9 Å². The van der Waals surface area contributed by atoms with Gasteiger partial charge in [-0.2, -0.15) is 0 Å². The number of thioether (sulfide) groups is 1. The normalized spacial score (nSPS) is 10.6. The van der Waals surface area contributed by atoms with Gasteiger partial charge in [-0.05, 0) is 42.0 Å². The monoisotopic (exact) mass is 431 g/mol. The number of nitrogens with zero attached hydrogens (tertiary/aromatic N) is 4. The standard InChI is InChI=1S/C23H21N5O2S/c1-30-20-9-5-6-18(14-20)22-26-27-23(28(22)19-7-3-2-4-8-19)31-16-21(29)25-15-17-10-12-24-13-11-17/h2-14H,15-16H2,1H3,(H,25,29). The first kappa shape index (κ1) is 20.6. The van der Waals surface area contributed by atoms with Gasteiger partial charge >= 0.3 is 0 Å². The number of hydrogen-bond acceptors (Lipinski definition) is 6. The number of rotatable bonds is 8. The van der Waals surface area contributed by atoms with Crippen LogP contribution in [0.25, 0.3) is 17.1 Å². The van der Waals surface area contributed by atoms with Gasteiger partial charge in [-0.15, -0.1) is 10.2 Å². The van der Waals surface area contributed by atoms with E-state index in [4.69, 9.17) is 4.74 Å². The van der Waals surface area contributed by atoms with Crippen molar-refractivity contribution in [1.29, 1.82) is 0 Å². The third kappa shape index (κ3) is 5.10. The molecule has 4 rings (SSSR count). The van der Waals surface area contributed by atoms with E-state index < -0.39 is 0 Å². The summed E-state index contributed by atoms with van der Waals surface area (Å²) in [6.07, 6.45) is 3.41. The quantitative estimate of drug-likeness (QED) is 0.428. The van der Waals surface area contributed by atoms with Crippen molar-refractivity contribution in [2.45, 2.75) is 11.7 Å². The van der Waals surface area contributed by atoms with Crippen LogP contribution in [0.4, 0.5) is 0 Å². The molecule has 31 heavy (non-hydrogen) atoms. The van der Waals surface area contributed by atoms with Crippen molar-refractivity contribution in [3.8, 4) is 22.8 Å². The van der Waals surface area contributed by atoms with Gasteiger partial charge in [0.2, 0.25) is 5.91 Å². The summed E-state index contributed by atoms with van der Waals surface area (Å²) in [5.41, 5.74) is 2.80. The highest BCUT2D eigenvalue weighted by atomic mass is 32.2. The molecule has 2 aromatic heterocycles. The van der Waals surface area contributed by atoms with Crippen LogP contribution in [0.1, 0.15) is 5.56 Å². The molecule has 0 fully saturated rings. The number of aromatic nitrogens is 4. The minimum Gasteiger partial charge on any atom is -0.497 e. The second-order valence-corrected chi connectivity index (χ2v) is 7.57. The van der Waals surface area contributed by atoms with E-state index in [1.807, 2.05) is 71.3 Å². The largest absolute Gasteiger partial charge is 0.497 e. The first-order valence-corrected chi connectivity index (χ1v) is 10.7. The number of carbonyl (C=O) groups excluding carboxylic acids is 1. The third-order valence-corrected chi connectivity index (χ3v) is 5.48. The zero-order valence-electron chi connectivity index (χ0n) is 16.9. The van der Waals surface area contributed by atoms with Crippen LogP contribution in [0, 0.1) is 0 Å². The van der Waals surface area contributed by atoms with Crippen molar-refractivity contribution in [3.63, 3.8) is 0 Å². The average molecular weight is 432 g/mol. The topological polar surface area (TPSA) is 81.9 Å².